The Morgan fingerprint density at radius 3 is 2.38 bits per heavy atom. The zero-order chi connectivity index (χ0) is 17.6. The second-order valence-electron chi connectivity index (χ2n) is 5.86. The molecule has 0 saturated carbocycles. The molecular weight excluding hydrogens is 326 g/mol. The average Bonchev–Trinajstić information content (AvgIpc) is 2.61. The molecule has 6 heteroatoms. The van der Waals surface area contributed by atoms with Gasteiger partial charge in [-0.2, -0.15) is 4.31 Å². The van der Waals surface area contributed by atoms with Crippen LogP contribution in [0, 0.1) is 5.92 Å². The van der Waals surface area contributed by atoms with Gasteiger partial charge in [-0.15, -0.1) is 0 Å². The molecule has 0 aliphatic heterocycles. The zero-order valence-corrected chi connectivity index (χ0v) is 15.1. The normalized spacial score (nSPS) is 17.9. The highest BCUT2D eigenvalue weighted by Gasteiger charge is 2.22. The summed E-state index contributed by atoms with van der Waals surface area (Å²) in [6.45, 7) is 4.83. The van der Waals surface area contributed by atoms with Crippen molar-refractivity contribution in [3.63, 3.8) is 0 Å². The van der Waals surface area contributed by atoms with Crippen molar-refractivity contribution in [3.05, 3.63) is 42.0 Å². The minimum absolute atomic E-state index is 0.195. The molecule has 2 rings (SSSR count). The summed E-state index contributed by atoms with van der Waals surface area (Å²) >= 11 is 0. The van der Waals surface area contributed by atoms with E-state index in [0.717, 1.165) is 19.3 Å². The van der Waals surface area contributed by atoms with Crippen LogP contribution in [0.4, 0.5) is 0 Å². The van der Waals surface area contributed by atoms with Gasteiger partial charge >= 0.3 is 5.97 Å². The summed E-state index contributed by atoms with van der Waals surface area (Å²) in [6.07, 6.45) is 7.27. The van der Waals surface area contributed by atoms with Gasteiger partial charge in [-0.1, -0.05) is 26.0 Å². The van der Waals surface area contributed by atoms with E-state index in [1.165, 1.54) is 28.6 Å². The number of hydrogen-bond donors (Lipinski definition) is 0. The number of benzene rings is 1. The van der Waals surface area contributed by atoms with Crippen LogP contribution in [0.3, 0.4) is 0 Å². The summed E-state index contributed by atoms with van der Waals surface area (Å²) in [5.74, 6) is -0.0300. The van der Waals surface area contributed by atoms with Crippen molar-refractivity contribution >= 4 is 16.0 Å². The van der Waals surface area contributed by atoms with Crippen molar-refractivity contribution in [2.45, 2.75) is 38.0 Å². The number of nitrogens with zero attached hydrogens (tertiary/aromatic N) is 1. The highest BCUT2D eigenvalue weighted by Crippen LogP contribution is 2.20. The van der Waals surface area contributed by atoms with E-state index in [1.807, 2.05) is 0 Å². The van der Waals surface area contributed by atoms with Crippen LogP contribution in [0.25, 0.3) is 0 Å². The monoisotopic (exact) mass is 351 g/mol. The van der Waals surface area contributed by atoms with Gasteiger partial charge in [-0.25, -0.2) is 13.2 Å². The fraction of sp³-hybridized carbons (Fsp3) is 0.500. The van der Waals surface area contributed by atoms with E-state index in [0.29, 0.717) is 31.2 Å². The van der Waals surface area contributed by atoms with Gasteiger partial charge in [-0.3, -0.25) is 0 Å². The number of hydrogen-bond acceptors (Lipinski definition) is 4. The Balaban J connectivity index is 2.00. The first kappa shape index (κ1) is 18.7. The largest absolute Gasteiger partial charge is 0.462 e. The standard InChI is InChI=1S/C18H25NO4S/c1-3-19(4-2)24(21,22)17-12-10-16(11-13-17)18(20)23-14-15-8-6-5-7-9-15/h5-6,10-13,15H,3-4,7-9,14H2,1-2H3. The van der Waals surface area contributed by atoms with Crippen LogP contribution < -0.4 is 0 Å². The predicted molar refractivity (Wildman–Crippen MR) is 93.3 cm³/mol. The summed E-state index contributed by atoms with van der Waals surface area (Å²) < 4.78 is 31.6. The van der Waals surface area contributed by atoms with Crippen LogP contribution >= 0.6 is 0 Å². The molecule has 1 aromatic rings. The van der Waals surface area contributed by atoms with Gasteiger partial charge in [0.25, 0.3) is 0 Å². The molecular formula is C18H25NO4S. The molecule has 1 aliphatic carbocycles. The lowest BCUT2D eigenvalue weighted by atomic mass is 9.95. The molecule has 0 spiro atoms. The molecule has 1 unspecified atom stereocenters. The van der Waals surface area contributed by atoms with Crippen LogP contribution in [0.5, 0.6) is 0 Å². The van der Waals surface area contributed by atoms with Crippen LogP contribution in [0.1, 0.15) is 43.5 Å². The van der Waals surface area contributed by atoms with Crippen molar-refractivity contribution in [2.24, 2.45) is 5.92 Å². The van der Waals surface area contributed by atoms with Gasteiger partial charge in [-0.05, 0) is 49.4 Å². The maximum absolute atomic E-state index is 12.4. The number of sulfonamides is 1. The third-order valence-corrected chi connectivity index (χ3v) is 6.33. The van der Waals surface area contributed by atoms with Gasteiger partial charge < -0.3 is 4.74 Å². The van der Waals surface area contributed by atoms with Crippen molar-refractivity contribution in [1.29, 1.82) is 0 Å². The Bertz CT molecular complexity index is 675. The number of allylic oxidation sites excluding steroid dienone is 2. The third-order valence-electron chi connectivity index (χ3n) is 4.26. The summed E-state index contributed by atoms with van der Waals surface area (Å²) in [6, 6.07) is 5.96. The predicted octanol–water partition coefficient (Wildman–Crippen LogP) is 3.23. The van der Waals surface area contributed by atoms with Crippen LogP contribution in [0.15, 0.2) is 41.3 Å². The minimum atomic E-state index is -3.50. The van der Waals surface area contributed by atoms with Crippen LogP contribution in [0.2, 0.25) is 0 Å². The van der Waals surface area contributed by atoms with Crippen LogP contribution in [-0.4, -0.2) is 38.4 Å². The fourth-order valence-corrected chi connectivity index (χ4v) is 4.22. The molecule has 1 aliphatic rings. The number of rotatable bonds is 7. The third kappa shape index (κ3) is 4.45. The molecule has 1 atom stereocenters. The molecule has 0 fully saturated rings. The summed E-state index contributed by atoms with van der Waals surface area (Å²) in [5.41, 5.74) is 0.375. The molecule has 132 valence electrons. The lowest BCUT2D eigenvalue weighted by Gasteiger charge is -2.19. The van der Waals surface area contributed by atoms with E-state index in [-0.39, 0.29) is 4.90 Å². The summed E-state index contributed by atoms with van der Waals surface area (Å²) in [5, 5.41) is 0. The quantitative estimate of drug-likeness (QED) is 0.559. The minimum Gasteiger partial charge on any atom is -0.462 e. The van der Waals surface area contributed by atoms with Crippen LogP contribution in [-0.2, 0) is 14.8 Å². The molecule has 24 heavy (non-hydrogen) atoms. The van der Waals surface area contributed by atoms with E-state index in [4.69, 9.17) is 4.74 Å². The van der Waals surface area contributed by atoms with Crippen molar-refractivity contribution in [2.75, 3.05) is 19.7 Å². The number of ether oxygens (including phenoxy) is 1. The van der Waals surface area contributed by atoms with Crippen molar-refractivity contribution < 1.29 is 17.9 Å². The molecule has 5 nitrogen and oxygen atoms in total. The first-order valence-electron chi connectivity index (χ1n) is 8.41. The Labute approximate surface area is 144 Å². The van der Waals surface area contributed by atoms with Gasteiger partial charge in [0.1, 0.15) is 0 Å². The molecule has 0 amide bonds. The fourth-order valence-electron chi connectivity index (χ4n) is 2.76. The lowest BCUT2D eigenvalue weighted by molar-refractivity contribution is 0.0432. The first-order valence-corrected chi connectivity index (χ1v) is 9.85. The number of carbonyl (C=O) groups excluding carboxylic acids is 1. The molecule has 0 N–H and O–H groups in total. The van der Waals surface area contributed by atoms with Gasteiger partial charge in [0.05, 0.1) is 17.1 Å². The van der Waals surface area contributed by atoms with Gasteiger partial charge in [0.15, 0.2) is 0 Å². The molecule has 0 heterocycles. The zero-order valence-electron chi connectivity index (χ0n) is 14.3. The molecule has 0 aromatic heterocycles. The second-order valence-corrected chi connectivity index (χ2v) is 7.80. The Morgan fingerprint density at radius 1 is 1.17 bits per heavy atom. The van der Waals surface area contributed by atoms with E-state index >= 15 is 0 Å². The van der Waals surface area contributed by atoms with E-state index in [2.05, 4.69) is 12.2 Å². The number of esters is 1. The smallest absolute Gasteiger partial charge is 0.338 e. The maximum atomic E-state index is 12.4. The molecule has 0 saturated heterocycles. The van der Waals surface area contributed by atoms with Gasteiger partial charge in [0.2, 0.25) is 10.0 Å². The Hall–Kier alpha value is -1.66. The highest BCUT2D eigenvalue weighted by atomic mass is 32.2. The van der Waals surface area contributed by atoms with Crippen molar-refractivity contribution in [3.8, 4) is 0 Å². The number of carbonyl (C=O) groups is 1. The highest BCUT2D eigenvalue weighted by molar-refractivity contribution is 7.89. The van der Waals surface area contributed by atoms with Crippen molar-refractivity contribution in [1.82, 2.24) is 4.31 Å². The first-order chi connectivity index (χ1) is 11.5. The maximum Gasteiger partial charge on any atom is 0.338 e. The summed E-state index contributed by atoms with van der Waals surface area (Å²) in [7, 11) is -3.50. The lowest BCUT2D eigenvalue weighted by Crippen LogP contribution is -2.30. The molecule has 0 radical (unpaired) electrons. The molecule has 1 aromatic carbocycles. The molecule has 0 bridgehead atoms. The SMILES string of the molecule is CCN(CC)S(=O)(=O)c1ccc(C(=O)OCC2CC=CCC2)cc1. The average molecular weight is 351 g/mol. The second kappa shape index (κ2) is 8.44. The van der Waals surface area contributed by atoms with E-state index in [9.17, 15) is 13.2 Å². The van der Waals surface area contributed by atoms with E-state index in [1.54, 1.807) is 13.8 Å². The summed E-state index contributed by atoms with van der Waals surface area (Å²) in [4.78, 5) is 12.3. The van der Waals surface area contributed by atoms with Gasteiger partial charge in [0, 0.05) is 13.1 Å². The topological polar surface area (TPSA) is 63.7 Å². The Morgan fingerprint density at radius 2 is 1.83 bits per heavy atom. The Kier molecular flexibility index (Phi) is 6.57. The van der Waals surface area contributed by atoms with E-state index < -0.39 is 16.0 Å².